The highest BCUT2D eigenvalue weighted by Gasteiger charge is 2.31. The average Bonchev–Trinajstić information content (AvgIpc) is 2.47. The summed E-state index contributed by atoms with van der Waals surface area (Å²) < 4.78 is 26.6. The largest absolute Gasteiger partial charge is 0.398 e. The molecule has 1 aliphatic carbocycles. The van der Waals surface area contributed by atoms with Crippen LogP contribution in [0.15, 0.2) is 23.1 Å². The van der Waals surface area contributed by atoms with Gasteiger partial charge in [-0.2, -0.15) is 4.31 Å². The summed E-state index contributed by atoms with van der Waals surface area (Å²) in [5.41, 5.74) is 5.47. The normalized spacial score (nSPS) is 17.0. The fraction of sp³-hybridized carbons (Fsp3) is 0.538. The molecule has 0 spiro atoms. The molecule has 0 bridgehead atoms. The number of nitrogens with two attached hydrogens (primary N) is 1. The predicted molar refractivity (Wildman–Crippen MR) is 79.3 cm³/mol. The second-order valence-corrected chi connectivity index (χ2v) is 7.26. The van der Waals surface area contributed by atoms with Gasteiger partial charge in [0.15, 0.2) is 0 Å². The number of non-ortho nitro benzene ring substituents is 1. The first-order valence-corrected chi connectivity index (χ1v) is 8.30. The Labute approximate surface area is 123 Å². The van der Waals surface area contributed by atoms with Crippen LogP contribution >= 0.6 is 0 Å². The monoisotopic (exact) mass is 313 g/mol. The van der Waals surface area contributed by atoms with E-state index >= 15 is 0 Å². The highest BCUT2D eigenvalue weighted by atomic mass is 32.2. The van der Waals surface area contributed by atoms with Crippen molar-refractivity contribution >= 4 is 21.4 Å². The second kappa shape index (κ2) is 5.98. The second-order valence-electron chi connectivity index (χ2n) is 5.29. The third kappa shape index (κ3) is 3.16. The molecule has 21 heavy (non-hydrogen) atoms. The minimum absolute atomic E-state index is 0.0308. The quantitative estimate of drug-likeness (QED) is 0.520. The van der Waals surface area contributed by atoms with E-state index in [1.165, 1.54) is 23.5 Å². The standard InChI is InChI=1S/C13H19N3O4S/c1-15(10-5-3-2-4-6-10)21(19,20)13-9-11(16(17)18)7-8-12(13)14/h7-10H,2-6,14H2,1H3. The molecule has 7 nitrogen and oxygen atoms in total. The Morgan fingerprint density at radius 2 is 1.90 bits per heavy atom. The van der Waals surface area contributed by atoms with E-state index in [9.17, 15) is 18.5 Å². The summed E-state index contributed by atoms with van der Waals surface area (Å²) >= 11 is 0. The molecule has 0 saturated heterocycles. The van der Waals surface area contributed by atoms with E-state index in [1.54, 1.807) is 0 Å². The molecule has 0 unspecified atom stereocenters. The number of nitro benzene ring substituents is 1. The number of anilines is 1. The summed E-state index contributed by atoms with van der Waals surface area (Å²) in [7, 11) is -2.30. The molecule has 1 fully saturated rings. The molecule has 0 heterocycles. The van der Waals surface area contributed by atoms with Gasteiger partial charge in [-0.3, -0.25) is 10.1 Å². The summed E-state index contributed by atoms with van der Waals surface area (Å²) in [5.74, 6) is 0. The molecule has 1 aromatic rings. The number of benzene rings is 1. The van der Waals surface area contributed by atoms with E-state index in [0.29, 0.717) is 0 Å². The molecule has 2 N–H and O–H groups in total. The molecule has 0 radical (unpaired) electrons. The van der Waals surface area contributed by atoms with Gasteiger partial charge in [0, 0.05) is 25.2 Å². The highest BCUT2D eigenvalue weighted by molar-refractivity contribution is 7.89. The molecule has 8 heteroatoms. The van der Waals surface area contributed by atoms with Crippen LogP contribution < -0.4 is 5.73 Å². The zero-order valence-electron chi connectivity index (χ0n) is 11.9. The maximum Gasteiger partial charge on any atom is 0.270 e. The van der Waals surface area contributed by atoms with Crippen LogP contribution in [0.2, 0.25) is 0 Å². The molecule has 0 amide bonds. The van der Waals surface area contributed by atoms with Crippen molar-refractivity contribution in [2.75, 3.05) is 12.8 Å². The Kier molecular flexibility index (Phi) is 4.48. The summed E-state index contributed by atoms with van der Waals surface area (Å²) in [4.78, 5) is 10.0. The SMILES string of the molecule is CN(C1CCCCC1)S(=O)(=O)c1cc([N+](=O)[O-])ccc1N. The maximum absolute atomic E-state index is 12.7. The molecule has 1 aromatic carbocycles. The van der Waals surface area contributed by atoms with Gasteiger partial charge in [0.05, 0.1) is 10.6 Å². The lowest BCUT2D eigenvalue weighted by molar-refractivity contribution is -0.385. The van der Waals surface area contributed by atoms with E-state index in [-0.39, 0.29) is 22.3 Å². The van der Waals surface area contributed by atoms with Crippen LogP contribution in [0.1, 0.15) is 32.1 Å². The Balaban J connectivity index is 2.38. The molecule has 0 aromatic heterocycles. The molecule has 0 aliphatic heterocycles. The molecule has 2 rings (SSSR count). The smallest absolute Gasteiger partial charge is 0.270 e. The molecule has 1 aliphatic rings. The van der Waals surface area contributed by atoms with Crippen LogP contribution in [0.25, 0.3) is 0 Å². The fourth-order valence-corrected chi connectivity index (χ4v) is 4.21. The van der Waals surface area contributed by atoms with Gasteiger partial charge in [0.2, 0.25) is 10.0 Å². The average molecular weight is 313 g/mol. The van der Waals surface area contributed by atoms with Crippen molar-refractivity contribution in [2.24, 2.45) is 0 Å². The first-order valence-electron chi connectivity index (χ1n) is 6.86. The first kappa shape index (κ1) is 15.7. The van der Waals surface area contributed by atoms with Crippen LogP contribution in [-0.2, 0) is 10.0 Å². The van der Waals surface area contributed by atoms with E-state index in [4.69, 9.17) is 5.73 Å². The summed E-state index contributed by atoms with van der Waals surface area (Å²) in [5, 5.41) is 10.8. The van der Waals surface area contributed by atoms with Crippen LogP contribution in [0.4, 0.5) is 11.4 Å². The number of nitrogen functional groups attached to an aromatic ring is 1. The van der Waals surface area contributed by atoms with Crippen molar-refractivity contribution in [2.45, 2.75) is 43.0 Å². The predicted octanol–water partition coefficient (Wildman–Crippen LogP) is 2.13. The number of sulfonamides is 1. The van der Waals surface area contributed by atoms with Gasteiger partial charge in [0.25, 0.3) is 5.69 Å². The Hall–Kier alpha value is -1.67. The first-order chi connectivity index (χ1) is 9.84. The van der Waals surface area contributed by atoms with Crippen LogP contribution in [-0.4, -0.2) is 30.7 Å². The minimum atomic E-state index is -3.82. The van der Waals surface area contributed by atoms with Crippen molar-refractivity contribution in [1.82, 2.24) is 4.31 Å². The van der Waals surface area contributed by atoms with Gasteiger partial charge in [-0.15, -0.1) is 0 Å². The number of hydrogen-bond acceptors (Lipinski definition) is 5. The molecular weight excluding hydrogens is 294 g/mol. The zero-order chi connectivity index (χ0) is 15.6. The Morgan fingerprint density at radius 3 is 2.48 bits per heavy atom. The topological polar surface area (TPSA) is 107 Å². The lowest BCUT2D eigenvalue weighted by Gasteiger charge is -2.30. The van der Waals surface area contributed by atoms with E-state index in [2.05, 4.69) is 0 Å². The summed E-state index contributed by atoms with van der Waals surface area (Å²) in [6, 6.07) is 3.43. The summed E-state index contributed by atoms with van der Waals surface area (Å²) in [6.45, 7) is 0. The lowest BCUT2D eigenvalue weighted by Crippen LogP contribution is -2.38. The van der Waals surface area contributed by atoms with Gasteiger partial charge >= 0.3 is 0 Å². The Morgan fingerprint density at radius 1 is 1.29 bits per heavy atom. The third-order valence-corrected chi connectivity index (χ3v) is 5.92. The lowest BCUT2D eigenvalue weighted by atomic mass is 9.96. The zero-order valence-corrected chi connectivity index (χ0v) is 12.7. The fourth-order valence-electron chi connectivity index (χ4n) is 2.66. The van der Waals surface area contributed by atoms with Gasteiger partial charge in [-0.05, 0) is 18.9 Å². The Bertz CT molecular complexity index is 639. The highest BCUT2D eigenvalue weighted by Crippen LogP contribution is 2.30. The molecular formula is C13H19N3O4S. The molecule has 0 atom stereocenters. The number of nitrogens with zero attached hydrogens (tertiary/aromatic N) is 2. The van der Waals surface area contributed by atoms with Gasteiger partial charge in [0.1, 0.15) is 4.90 Å². The van der Waals surface area contributed by atoms with Crippen molar-refractivity contribution in [3.8, 4) is 0 Å². The molecule has 116 valence electrons. The number of nitro groups is 1. The van der Waals surface area contributed by atoms with Gasteiger partial charge in [-0.25, -0.2) is 8.42 Å². The van der Waals surface area contributed by atoms with Crippen molar-refractivity contribution in [3.05, 3.63) is 28.3 Å². The third-order valence-electron chi connectivity index (χ3n) is 3.95. The van der Waals surface area contributed by atoms with E-state index in [0.717, 1.165) is 38.2 Å². The molecule has 1 saturated carbocycles. The van der Waals surface area contributed by atoms with Crippen LogP contribution in [0.5, 0.6) is 0 Å². The van der Waals surface area contributed by atoms with Crippen molar-refractivity contribution in [3.63, 3.8) is 0 Å². The van der Waals surface area contributed by atoms with Gasteiger partial charge < -0.3 is 5.73 Å². The van der Waals surface area contributed by atoms with Gasteiger partial charge in [-0.1, -0.05) is 19.3 Å². The number of hydrogen-bond donors (Lipinski definition) is 1. The van der Waals surface area contributed by atoms with Crippen LogP contribution in [0, 0.1) is 10.1 Å². The summed E-state index contributed by atoms with van der Waals surface area (Å²) in [6.07, 6.45) is 4.72. The maximum atomic E-state index is 12.7. The van der Waals surface area contributed by atoms with E-state index in [1.807, 2.05) is 0 Å². The minimum Gasteiger partial charge on any atom is -0.398 e. The van der Waals surface area contributed by atoms with Crippen molar-refractivity contribution in [1.29, 1.82) is 0 Å². The number of rotatable bonds is 4. The van der Waals surface area contributed by atoms with Crippen molar-refractivity contribution < 1.29 is 13.3 Å². The van der Waals surface area contributed by atoms with Crippen LogP contribution in [0.3, 0.4) is 0 Å². The van der Waals surface area contributed by atoms with E-state index < -0.39 is 14.9 Å².